The van der Waals surface area contributed by atoms with Crippen molar-refractivity contribution in [2.45, 2.75) is 32.3 Å². The molecule has 3 nitrogen and oxygen atoms in total. The lowest BCUT2D eigenvalue weighted by Gasteiger charge is -2.19. The number of hydrogen-bond donors (Lipinski definition) is 2. The molecule has 2 N–H and O–H groups in total. The highest BCUT2D eigenvalue weighted by atomic mass is 19.1. The van der Waals surface area contributed by atoms with Gasteiger partial charge in [-0.15, -0.1) is 0 Å². The summed E-state index contributed by atoms with van der Waals surface area (Å²) in [5.74, 6) is 0. The SMILES string of the molecule is CC(C)(C)c1[nH]ncc1C(O)CF. The van der Waals surface area contributed by atoms with Crippen LogP contribution in [0.1, 0.15) is 38.1 Å². The van der Waals surface area contributed by atoms with Gasteiger partial charge in [0, 0.05) is 16.7 Å². The lowest BCUT2D eigenvalue weighted by molar-refractivity contribution is 0.140. The molecule has 0 saturated carbocycles. The third kappa shape index (κ3) is 2.06. The van der Waals surface area contributed by atoms with Crippen LogP contribution in [0.25, 0.3) is 0 Å². The summed E-state index contributed by atoms with van der Waals surface area (Å²) in [5, 5.41) is 15.9. The van der Waals surface area contributed by atoms with E-state index < -0.39 is 12.8 Å². The van der Waals surface area contributed by atoms with Gasteiger partial charge in [0.25, 0.3) is 0 Å². The van der Waals surface area contributed by atoms with Crippen molar-refractivity contribution in [3.05, 3.63) is 17.5 Å². The van der Waals surface area contributed by atoms with Gasteiger partial charge in [-0.1, -0.05) is 20.8 Å². The van der Waals surface area contributed by atoms with Crippen LogP contribution < -0.4 is 0 Å². The molecule has 1 atom stereocenters. The second-order valence-electron chi connectivity index (χ2n) is 4.12. The van der Waals surface area contributed by atoms with Gasteiger partial charge in [-0.2, -0.15) is 5.10 Å². The van der Waals surface area contributed by atoms with Crippen molar-refractivity contribution in [3.8, 4) is 0 Å². The minimum Gasteiger partial charge on any atom is -0.386 e. The molecule has 0 bridgehead atoms. The topological polar surface area (TPSA) is 48.9 Å². The molecule has 74 valence electrons. The van der Waals surface area contributed by atoms with Crippen LogP contribution in [-0.4, -0.2) is 22.0 Å². The summed E-state index contributed by atoms with van der Waals surface area (Å²) in [4.78, 5) is 0. The number of halogens is 1. The molecule has 0 aromatic carbocycles. The molecule has 0 radical (unpaired) electrons. The lowest BCUT2D eigenvalue weighted by atomic mass is 9.88. The molecule has 0 aliphatic rings. The predicted molar refractivity (Wildman–Crippen MR) is 48.2 cm³/mol. The van der Waals surface area contributed by atoms with Gasteiger partial charge >= 0.3 is 0 Å². The summed E-state index contributed by atoms with van der Waals surface area (Å²) >= 11 is 0. The molecule has 1 aromatic rings. The normalized spacial score (nSPS) is 14.5. The van der Waals surface area contributed by atoms with E-state index in [4.69, 9.17) is 0 Å². The van der Waals surface area contributed by atoms with Crippen LogP contribution in [-0.2, 0) is 5.41 Å². The average molecular weight is 186 g/mol. The van der Waals surface area contributed by atoms with Crippen LogP contribution in [0.15, 0.2) is 6.20 Å². The Labute approximate surface area is 77.0 Å². The van der Waals surface area contributed by atoms with Crippen LogP contribution in [0.3, 0.4) is 0 Å². The van der Waals surface area contributed by atoms with Gasteiger partial charge in [-0.05, 0) is 0 Å². The van der Waals surface area contributed by atoms with E-state index in [1.165, 1.54) is 6.20 Å². The summed E-state index contributed by atoms with van der Waals surface area (Å²) in [6.07, 6.45) is 0.415. The van der Waals surface area contributed by atoms with Crippen molar-refractivity contribution in [1.82, 2.24) is 10.2 Å². The van der Waals surface area contributed by atoms with Crippen LogP contribution in [0.2, 0.25) is 0 Å². The fraction of sp³-hybridized carbons (Fsp3) is 0.667. The van der Waals surface area contributed by atoms with E-state index in [1.54, 1.807) is 0 Å². The smallest absolute Gasteiger partial charge is 0.120 e. The van der Waals surface area contributed by atoms with Crippen molar-refractivity contribution in [2.75, 3.05) is 6.67 Å². The van der Waals surface area contributed by atoms with Crippen molar-refractivity contribution in [3.63, 3.8) is 0 Å². The molecule has 0 aliphatic carbocycles. The molecule has 0 fully saturated rings. The second kappa shape index (κ2) is 3.46. The van der Waals surface area contributed by atoms with E-state index in [0.29, 0.717) is 5.56 Å². The van der Waals surface area contributed by atoms with Crippen LogP contribution >= 0.6 is 0 Å². The minimum atomic E-state index is -1.06. The van der Waals surface area contributed by atoms with E-state index in [-0.39, 0.29) is 5.41 Å². The molecule has 1 aromatic heterocycles. The second-order valence-corrected chi connectivity index (χ2v) is 4.12. The molecule has 1 heterocycles. The lowest BCUT2D eigenvalue weighted by Crippen LogP contribution is -2.16. The third-order valence-electron chi connectivity index (χ3n) is 1.92. The number of nitrogens with zero attached hydrogens (tertiary/aromatic N) is 1. The number of aromatic nitrogens is 2. The minimum absolute atomic E-state index is 0.151. The average Bonchev–Trinajstić information content (AvgIpc) is 2.49. The summed E-state index contributed by atoms with van der Waals surface area (Å²) in [5.41, 5.74) is 1.19. The molecular weight excluding hydrogens is 171 g/mol. The fourth-order valence-electron chi connectivity index (χ4n) is 1.23. The van der Waals surface area contributed by atoms with E-state index in [9.17, 15) is 9.50 Å². The standard InChI is InChI=1S/C9H15FN2O/c1-9(2,3)8-6(5-11-12-8)7(13)4-10/h5,7,13H,4H2,1-3H3,(H,11,12). The summed E-state index contributed by atoms with van der Waals surface area (Å²) in [7, 11) is 0. The number of aliphatic hydroxyl groups excluding tert-OH is 1. The Bertz CT molecular complexity index is 277. The number of aromatic amines is 1. The third-order valence-corrected chi connectivity index (χ3v) is 1.92. The first-order chi connectivity index (χ1) is 5.96. The number of nitrogens with one attached hydrogen (secondary N) is 1. The van der Waals surface area contributed by atoms with E-state index in [2.05, 4.69) is 10.2 Å². The first kappa shape index (κ1) is 10.2. The molecule has 1 rings (SSSR count). The Hall–Kier alpha value is -0.900. The number of rotatable bonds is 2. The van der Waals surface area contributed by atoms with Gasteiger partial charge in [0.05, 0.1) is 6.20 Å². The first-order valence-corrected chi connectivity index (χ1v) is 4.24. The van der Waals surface area contributed by atoms with Gasteiger partial charge in [0.15, 0.2) is 0 Å². The number of H-pyrrole nitrogens is 1. The van der Waals surface area contributed by atoms with Crippen molar-refractivity contribution >= 4 is 0 Å². The zero-order valence-corrected chi connectivity index (χ0v) is 8.13. The maximum atomic E-state index is 12.2. The Kier molecular flexibility index (Phi) is 2.71. The Morgan fingerprint density at radius 3 is 2.69 bits per heavy atom. The van der Waals surface area contributed by atoms with E-state index in [0.717, 1.165) is 5.69 Å². The maximum absolute atomic E-state index is 12.2. The van der Waals surface area contributed by atoms with Crippen LogP contribution in [0, 0.1) is 0 Å². The molecule has 4 heteroatoms. The van der Waals surface area contributed by atoms with Gasteiger partial charge in [0.1, 0.15) is 12.8 Å². The van der Waals surface area contributed by atoms with E-state index >= 15 is 0 Å². The zero-order valence-electron chi connectivity index (χ0n) is 8.13. The largest absolute Gasteiger partial charge is 0.386 e. The van der Waals surface area contributed by atoms with Crippen molar-refractivity contribution < 1.29 is 9.50 Å². The highest BCUT2D eigenvalue weighted by molar-refractivity contribution is 5.25. The number of alkyl halides is 1. The first-order valence-electron chi connectivity index (χ1n) is 4.24. The quantitative estimate of drug-likeness (QED) is 0.738. The molecule has 0 amide bonds. The van der Waals surface area contributed by atoms with Gasteiger partial charge < -0.3 is 5.11 Å². The predicted octanol–water partition coefficient (Wildman–Crippen LogP) is 1.71. The molecule has 0 aliphatic heterocycles. The van der Waals surface area contributed by atoms with Crippen molar-refractivity contribution in [1.29, 1.82) is 0 Å². The summed E-state index contributed by atoms with van der Waals surface area (Å²) in [6.45, 7) is 5.17. The fourth-order valence-corrected chi connectivity index (χ4v) is 1.23. The highest BCUT2D eigenvalue weighted by Crippen LogP contribution is 2.27. The monoisotopic (exact) mass is 186 g/mol. The number of aliphatic hydroxyl groups is 1. The van der Waals surface area contributed by atoms with Crippen LogP contribution in [0.4, 0.5) is 4.39 Å². The zero-order chi connectivity index (χ0) is 10.1. The Morgan fingerprint density at radius 1 is 1.62 bits per heavy atom. The maximum Gasteiger partial charge on any atom is 0.120 e. The van der Waals surface area contributed by atoms with Gasteiger partial charge in [-0.25, -0.2) is 4.39 Å². The molecular formula is C9H15FN2O. The molecule has 0 spiro atoms. The summed E-state index contributed by atoms with van der Waals surface area (Å²) < 4.78 is 12.2. The molecule has 1 unspecified atom stereocenters. The molecule has 0 saturated heterocycles. The highest BCUT2D eigenvalue weighted by Gasteiger charge is 2.23. The van der Waals surface area contributed by atoms with Crippen molar-refractivity contribution in [2.24, 2.45) is 0 Å². The Morgan fingerprint density at radius 2 is 2.23 bits per heavy atom. The van der Waals surface area contributed by atoms with Crippen LogP contribution in [0.5, 0.6) is 0 Å². The molecule has 13 heavy (non-hydrogen) atoms. The number of hydrogen-bond acceptors (Lipinski definition) is 2. The Balaban J connectivity index is 3.03. The van der Waals surface area contributed by atoms with Gasteiger partial charge in [0.2, 0.25) is 0 Å². The van der Waals surface area contributed by atoms with E-state index in [1.807, 2.05) is 20.8 Å². The van der Waals surface area contributed by atoms with Gasteiger partial charge in [-0.3, -0.25) is 5.10 Å². The summed E-state index contributed by atoms with van der Waals surface area (Å²) in [6, 6.07) is 0.